The normalized spacial score (nSPS) is 11.3. The van der Waals surface area contributed by atoms with Crippen molar-refractivity contribution in [2.24, 2.45) is 0 Å². The third kappa shape index (κ3) is 3.94. The first-order chi connectivity index (χ1) is 15.4. The quantitative estimate of drug-likeness (QED) is 0.435. The highest BCUT2D eigenvalue weighted by Gasteiger charge is 2.28. The van der Waals surface area contributed by atoms with Gasteiger partial charge in [0.1, 0.15) is 0 Å². The highest BCUT2D eigenvalue weighted by atomic mass is 32.2. The fourth-order valence-corrected chi connectivity index (χ4v) is 4.70. The molecule has 0 saturated carbocycles. The van der Waals surface area contributed by atoms with E-state index in [0.717, 1.165) is 5.56 Å². The average molecular weight is 447 g/mol. The molecule has 0 bridgehead atoms. The van der Waals surface area contributed by atoms with Crippen LogP contribution < -0.4 is 10.3 Å². The summed E-state index contributed by atoms with van der Waals surface area (Å²) < 4.78 is 33.3. The number of nitrogens with zero attached hydrogens (tertiary/aromatic N) is 2. The van der Waals surface area contributed by atoms with Crippen LogP contribution in [0.1, 0.15) is 12.5 Å². The van der Waals surface area contributed by atoms with Crippen molar-refractivity contribution in [1.29, 1.82) is 0 Å². The molecule has 6 nitrogen and oxygen atoms in total. The van der Waals surface area contributed by atoms with Crippen molar-refractivity contribution in [1.82, 2.24) is 8.96 Å². The lowest BCUT2D eigenvalue weighted by molar-refractivity contribution is 0.306. The molecule has 3 aromatic carbocycles. The Hall–Kier alpha value is -3.71. The lowest BCUT2D eigenvalue weighted by Crippen LogP contribution is -2.31. The van der Waals surface area contributed by atoms with Gasteiger partial charge in [-0.05, 0) is 31.5 Å². The Kier molecular flexibility index (Phi) is 5.92. The topological polar surface area (TPSA) is 78.3 Å². The minimum atomic E-state index is -4.25. The molecule has 0 amide bonds. The highest BCUT2D eigenvalue weighted by Crippen LogP contribution is 2.31. The van der Waals surface area contributed by atoms with Crippen molar-refractivity contribution in [2.75, 3.05) is 6.61 Å². The molecule has 1 aromatic heterocycles. The number of aryl methyl sites for hydroxylation is 1. The number of benzene rings is 3. The number of aromatic nitrogens is 2. The summed E-state index contributed by atoms with van der Waals surface area (Å²) in [6.45, 7) is 3.72. The van der Waals surface area contributed by atoms with Crippen LogP contribution in [-0.4, -0.2) is 24.0 Å². The van der Waals surface area contributed by atoms with Crippen LogP contribution in [0.3, 0.4) is 0 Å². The molecule has 7 heteroatoms. The summed E-state index contributed by atoms with van der Waals surface area (Å²) in [6, 6.07) is 24.1. The summed E-state index contributed by atoms with van der Waals surface area (Å²) in [7, 11) is -4.25. The molecule has 0 aliphatic carbocycles. The zero-order valence-electron chi connectivity index (χ0n) is 17.7. The Bertz CT molecular complexity index is 1400. The molecule has 0 aliphatic heterocycles. The molecule has 0 aliphatic rings. The van der Waals surface area contributed by atoms with Crippen LogP contribution in [0.4, 0.5) is 0 Å². The second kappa shape index (κ2) is 8.80. The van der Waals surface area contributed by atoms with E-state index in [2.05, 4.69) is 4.98 Å². The smallest absolute Gasteiger partial charge is 0.314 e. The van der Waals surface area contributed by atoms with Crippen LogP contribution in [-0.2, 0) is 10.0 Å². The Labute approximate surface area is 186 Å². The molecule has 0 fully saturated rings. The summed E-state index contributed by atoms with van der Waals surface area (Å²) >= 11 is 0. The van der Waals surface area contributed by atoms with Crippen molar-refractivity contribution in [2.45, 2.75) is 18.7 Å². The zero-order chi connectivity index (χ0) is 22.7. The molecule has 4 rings (SSSR count). The van der Waals surface area contributed by atoms with Crippen molar-refractivity contribution in [3.8, 4) is 28.4 Å². The highest BCUT2D eigenvalue weighted by molar-refractivity contribution is 7.90. The van der Waals surface area contributed by atoms with Crippen molar-refractivity contribution in [3.05, 3.63) is 101 Å². The summed E-state index contributed by atoms with van der Waals surface area (Å²) in [6.07, 6.45) is 0. The molecule has 32 heavy (non-hydrogen) atoms. The molecule has 0 N–H and O–H groups in total. The van der Waals surface area contributed by atoms with Crippen LogP contribution in [0.25, 0.3) is 22.4 Å². The maximum Gasteiger partial charge on any atom is 0.314 e. The lowest BCUT2D eigenvalue weighted by atomic mass is 10.0. The van der Waals surface area contributed by atoms with E-state index in [1.165, 1.54) is 12.1 Å². The first kappa shape index (κ1) is 21.5. The van der Waals surface area contributed by atoms with Gasteiger partial charge in [-0.3, -0.25) is 4.79 Å². The molecule has 1 heterocycles. The molecule has 162 valence electrons. The van der Waals surface area contributed by atoms with Gasteiger partial charge in [0.15, 0.2) is 0 Å². The molecule has 4 aromatic rings. The zero-order valence-corrected chi connectivity index (χ0v) is 18.5. The maximum atomic E-state index is 13.8. The summed E-state index contributed by atoms with van der Waals surface area (Å²) in [5.41, 5.74) is 2.00. The van der Waals surface area contributed by atoms with Gasteiger partial charge in [0.2, 0.25) is 0 Å². The summed E-state index contributed by atoms with van der Waals surface area (Å²) in [5.74, 6) is 0. The molecule has 0 radical (unpaired) electrons. The Morgan fingerprint density at radius 2 is 1.41 bits per heavy atom. The number of ether oxygens (including phenoxy) is 1. The van der Waals surface area contributed by atoms with E-state index >= 15 is 0 Å². The minimum absolute atomic E-state index is 0.0144. The number of hydrogen-bond donors (Lipinski definition) is 0. The van der Waals surface area contributed by atoms with Crippen molar-refractivity contribution in [3.63, 3.8) is 0 Å². The second-order valence-corrected chi connectivity index (χ2v) is 8.96. The van der Waals surface area contributed by atoms with Crippen molar-refractivity contribution < 1.29 is 13.2 Å². The van der Waals surface area contributed by atoms with E-state index in [9.17, 15) is 13.2 Å². The molecular formula is C25H22N2O4S. The van der Waals surface area contributed by atoms with Gasteiger partial charge in [-0.2, -0.15) is 4.98 Å². The van der Waals surface area contributed by atoms with Crippen LogP contribution in [0.15, 0.2) is 94.6 Å². The van der Waals surface area contributed by atoms with Gasteiger partial charge >= 0.3 is 6.01 Å². The van der Waals surface area contributed by atoms with Crippen LogP contribution in [0.5, 0.6) is 6.01 Å². The Morgan fingerprint density at radius 1 is 0.844 bits per heavy atom. The lowest BCUT2D eigenvalue weighted by Gasteiger charge is -2.17. The van der Waals surface area contributed by atoms with Crippen molar-refractivity contribution >= 4 is 10.0 Å². The fraction of sp³-hybridized carbons (Fsp3) is 0.120. The van der Waals surface area contributed by atoms with Crippen LogP contribution >= 0.6 is 0 Å². The van der Waals surface area contributed by atoms with E-state index in [1.807, 2.05) is 43.3 Å². The SMILES string of the molecule is CCOc1nc(-c2ccccc2)c(-c2ccccc2)c(=O)n1S(=O)(=O)c1ccc(C)cc1. The van der Waals surface area contributed by atoms with Gasteiger partial charge in [0.25, 0.3) is 15.6 Å². The van der Waals surface area contributed by atoms with Gasteiger partial charge in [-0.25, -0.2) is 8.42 Å². The van der Waals surface area contributed by atoms with E-state index in [-0.39, 0.29) is 23.1 Å². The summed E-state index contributed by atoms with van der Waals surface area (Å²) in [4.78, 5) is 18.3. The minimum Gasteiger partial charge on any atom is -0.464 e. The number of rotatable bonds is 6. The first-order valence-electron chi connectivity index (χ1n) is 10.2. The molecular weight excluding hydrogens is 424 g/mol. The predicted octanol–water partition coefficient (Wildman–Crippen LogP) is 4.52. The Balaban J connectivity index is 2.09. The van der Waals surface area contributed by atoms with E-state index in [0.29, 0.717) is 20.8 Å². The second-order valence-electron chi connectivity index (χ2n) is 7.17. The third-order valence-corrected chi connectivity index (χ3v) is 6.63. The maximum absolute atomic E-state index is 13.8. The van der Waals surface area contributed by atoms with Crippen LogP contribution in [0.2, 0.25) is 0 Å². The first-order valence-corrected chi connectivity index (χ1v) is 11.6. The predicted molar refractivity (Wildman–Crippen MR) is 124 cm³/mol. The fourth-order valence-electron chi connectivity index (χ4n) is 3.40. The third-order valence-electron chi connectivity index (χ3n) is 4.96. The number of hydrogen-bond acceptors (Lipinski definition) is 5. The standard InChI is InChI=1S/C25H22N2O4S/c1-3-31-25-26-23(20-12-8-5-9-13-20)22(19-10-6-4-7-11-19)24(28)27(25)32(29,30)21-16-14-18(2)15-17-21/h4-17H,3H2,1-2H3. The Morgan fingerprint density at radius 3 is 1.97 bits per heavy atom. The average Bonchev–Trinajstić information content (AvgIpc) is 2.80. The monoisotopic (exact) mass is 446 g/mol. The van der Waals surface area contributed by atoms with Gasteiger partial charge < -0.3 is 4.74 Å². The van der Waals surface area contributed by atoms with E-state index in [4.69, 9.17) is 4.74 Å². The van der Waals surface area contributed by atoms with Gasteiger partial charge in [-0.15, -0.1) is 3.97 Å². The van der Waals surface area contributed by atoms with Gasteiger partial charge in [-0.1, -0.05) is 78.4 Å². The van der Waals surface area contributed by atoms with E-state index < -0.39 is 15.6 Å². The summed E-state index contributed by atoms with van der Waals surface area (Å²) in [5, 5.41) is 0. The van der Waals surface area contributed by atoms with Gasteiger partial charge in [0.05, 0.1) is 22.8 Å². The molecule has 0 spiro atoms. The van der Waals surface area contributed by atoms with E-state index in [1.54, 1.807) is 43.3 Å². The molecule has 0 saturated heterocycles. The van der Waals surface area contributed by atoms with Crippen LogP contribution in [0, 0.1) is 6.92 Å². The van der Waals surface area contributed by atoms with Gasteiger partial charge in [0, 0.05) is 5.56 Å². The molecule has 0 unspecified atom stereocenters. The largest absolute Gasteiger partial charge is 0.464 e. The molecule has 0 atom stereocenters.